The minimum absolute atomic E-state index is 0.0816. The number of benzene rings is 1. The van der Waals surface area contributed by atoms with Crippen LogP contribution in [0.1, 0.15) is 36.8 Å². The third-order valence-electron chi connectivity index (χ3n) is 6.21. The van der Waals surface area contributed by atoms with Crippen LogP contribution >= 0.6 is 0 Å². The van der Waals surface area contributed by atoms with Gasteiger partial charge in [-0.15, -0.1) is 0 Å². The summed E-state index contributed by atoms with van der Waals surface area (Å²) < 4.78 is 25.7. The lowest BCUT2D eigenvalue weighted by Crippen LogP contribution is -2.44. The van der Waals surface area contributed by atoms with Gasteiger partial charge in [-0.05, 0) is 67.5 Å². The van der Waals surface area contributed by atoms with Crippen LogP contribution in [0, 0.1) is 23.7 Å². The summed E-state index contributed by atoms with van der Waals surface area (Å²) in [5, 5.41) is 10.5. The molecule has 4 rings (SSSR count). The molecular weight excluding hydrogens is 425 g/mol. The van der Waals surface area contributed by atoms with Gasteiger partial charge in [-0.25, -0.2) is 9.37 Å². The summed E-state index contributed by atoms with van der Waals surface area (Å²) in [7, 11) is 1.57. The van der Waals surface area contributed by atoms with Gasteiger partial charge in [0.15, 0.2) is 12.2 Å². The number of hydrogen-bond donors (Lipinski definition) is 1. The number of piperidine rings is 1. The van der Waals surface area contributed by atoms with Crippen molar-refractivity contribution in [3.05, 3.63) is 54.4 Å². The number of halogens is 1. The second-order valence-electron chi connectivity index (χ2n) is 8.22. The topological polar surface area (TPSA) is 88.7 Å². The molecule has 1 aliphatic rings. The maximum Gasteiger partial charge on any atom is 0.308 e. The van der Waals surface area contributed by atoms with Crippen molar-refractivity contribution in [2.24, 2.45) is 11.8 Å². The minimum Gasteiger partial charge on any atom is -0.497 e. The standard InChI is InChI=1S/C25H26FN3O4/c1-32-18-5-7-24-21(13-18)20(8-10-28-24)23(26)6-4-17-9-12-29(15-22(17)25(30)31)11-2-3-19-14-27-16-33-19/h5,7-8,10,13-14,16-17,22-23H,4,6,9,11-12,15H2,1H3,(H,30,31)/t17-,22+,23+/m1/s1. The molecule has 1 fully saturated rings. The van der Waals surface area contributed by atoms with Gasteiger partial charge in [0.2, 0.25) is 0 Å². The van der Waals surface area contributed by atoms with Crippen LogP contribution in [0.4, 0.5) is 4.39 Å². The summed E-state index contributed by atoms with van der Waals surface area (Å²) in [5.41, 5.74) is 1.27. The molecular formula is C25H26FN3O4. The Labute approximate surface area is 191 Å². The number of fused-ring (bicyclic) bond motifs is 1. The van der Waals surface area contributed by atoms with Crippen LogP contribution in [0.15, 0.2) is 47.5 Å². The highest BCUT2D eigenvalue weighted by Gasteiger charge is 2.34. The Balaban J connectivity index is 1.38. The minimum atomic E-state index is -1.21. The predicted molar refractivity (Wildman–Crippen MR) is 120 cm³/mol. The summed E-state index contributed by atoms with van der Waals surface area (Å²) in [6.45, 7) is 1.58. The quantitative estimate of drug-likeness (QED) is 0.541. The van der Waals surface area contributed by atoms with E-state index in [9.17, 15) is 9.90 Å². The Morgan fingerprint density at radius 1 is 1.42 bits per heavy atom. The van der Waals surface area contributed by atoms with Gasteiger partial charge in [0.25, 0.3) is 0 Å². The molecule has 172 valence electrons. The van der Waals surface area contributed by atoms with Gasteiger partial charge in [0.05, 0.1) is 31.3 Å². The highest BCUT2D eigenvalue weighted by molar-refractivity contribution is 5.83. The van der Waals surface area contributed by atoms with Crippen LogP contribution in [-0.4, -0.2) is 52.7 Å². The van der Waals surface area contributed by atoms with Gasteiger partial charge in [-0.2, -0.15) is 0 Å². The number of ether oxygens (including phenoxy) is 1. The Morgan fingerprint density at radius 3 is 3.06 bits per heavy atom. The first-order valence-electron chi connectivity index (χ1n) is 10.9. The summed E-state index contributed by atoms with van der Waals surface area (Å²) in [6, 6.07) is 7.10. The molecule has 33 heavy (non-hydrogen) atoms. The number of aliphatic carboxylic acids is 1. The van der Waals surface area contributed by atoms with Gasteiger partial charge < -0.3 is 14.3 Å². The third-order valence-corrected chi connectivity index (χ3v) is 6.21. The van der Waals surface area contributed by atoms with E-state index in [1.54, 1.807) is 31.5 Å². The van der Waals surface area contributed by atoms with E-state index in [2.05, 4.69) is 21.8 Å². The van der Waals surface area contributed by atoms with Crippen molar-refractivity contribution in [1.29, 1.82) is 0 Å². The number of alkyl halides is 1. The number of pyridine rings is 1. The van der Waals surface area contributed by atoms with Gasteiger partial charge in [0, 0.05) is 18.1 Å². The average molecular weight is 451 g/mol. The second-order valence-corrected chi connectivity index (χ2v) is 8.22. The van der Waals surface area contributed by atoms with Crippen LogP contribution in [0.5, 0.6) is 5.75 Å². The number of carboxylic acids is 1. The van der Waals surface area contributed by atoms with Crippen LogP contribution in [0.2, 0.25) is 0 Å². The van der Waals surface area contributed by atoms with Crippen molar-refractivity contribution in [1.82, 2.24) is 14.9 Å². The smallest absolute Gasteiger partial charge is 0.308 e. The van der Waals surface area contributed by atoms with Gasteiger partial charge in [-0.1, -0.05) is 5.92 Å². The molecule has 0 spiro atoms. The number of carbonyl (C=O) groups is 1. The zero-order valence-corrected chi connectivity index (χ0v) is 18.4. The maximum absolute atomic E-state index is 15.3. The molecule has 2 aromatic heterocycles. The first-order valence-corrected chi connectivity index (χ1v) is 10.9. The highest BCUT2D eigenvalue weighted by Crippen LogP contribution is 2.35. The van der Waals surface area contributed by atoms with E-state index in [0.29, 0.717) is 48.5 Å². The van der Waals surface area contributed by atoms with E-state index >= 15 is 4.39 Å². The zero-order chi connectivity index (χ0) is 23.2. The van der Waals surface area contributed by atoms with E-state index < -0.39 is 18.1 Å². The van der Waals surface area contributed by atoms with Crippen molar-refractivity contribution in [3.63, 3.8) is 0 Å². The van der Waals surface area contributed by atoms with Gasteiger partial charge in [-0.3, -0.25) is 14.7 Å². The first kappa shape index (κ1) is 22.7. The van der Waals surface area contributed by atoms with E-state index in [4.69, 9.17) is 9.15 Å². The van der Waals surface area contributed by atoms with Gasteiger partial charge in [0.1, 0.15) is 11.9 Å². The molecule has 3 atom stereocenters. The van der Waals surface area contributed by atoms with E-state index in [-0.39, 0.29) is 12.3 Å². The molecule has 1 N–H and O–H groups in total. The molecule has 1 saturated heterocycles. The van der Waals surface area contributed by atoms with Crippen LogP contribution in [0.3, 0.4) is 0 Å². The number of oxazole rings is 1. The molecule has 3 heterocycles. The fraction of sp³-hybridized carbons (Fsp3) is 0.400. The van der Waals surface area contributed by atoms with Crippen LogP contribution in [0.25, 0.3) is 10.9 Å². The third kappa shape index (κ3) is 5.49. The molecule has 0 unspecified atom stereocenters. The number of likely N-dealkylation sites (tertiary alicyclic amines) is 1. The lowest BCUT2D eigenvalue weighted by molar-refractivity contribution is -0.146. The molecule has 0 amide bonds. The molecule has 0 radical (unpaired) electrons. The lowest BCUT2D eigenvalue weighted by Gasteiger charge is -2.35. The van der Waals surface area contributed by atoms with Crippen LogP contribution < -0.4 is 4.74 Å². The Hall–Kier alpha value is -3.44. The summed E-state index contributed by atoms with van der Waals surface area (Å²) in [4.78, 5) is 22.1. The Kier molecular flexibility index (Phi) is 7.20. The largest absolute Gasteiger partial charge is 0.497 e. The molecule has 8 heteroatoms. The summed E-state index contributed by atoms with van der Waals surface area (Å²) >= 11 is 0. The fourth-order valence-electron chi connectivity index (χ4n) is 4.42. The van der Waals surface area contributed by atoms with Crippen molar-refractivity contribution >= 4 is 16.9 Å². The monoisotopic (exact) mass is 451 g/mol. The Bertz CT molecular complexity index is 1160. The number of aromatic nitrogens is 2. The number of rotatable bonds is 7. The summed E-state index contributed by atoms with van der Waals surface area (Å²) in [6.07, 6.45) is 4.71. The molecule has 1 aromatic carbocycles. The highest BCUT2D eigenvalue weighted by atomic mass is 19.1. The number of nitrogens with zero attached hydrogens (tertiary/aromatic N) is 3. The van der Waals surface area contributed by atoms with Crippen molar-refractivity contribution in [2.75, 3.05) is 26.7 Å². The van der Waals surface area contributed by atoms with Crippen molar-refractivity contribution < 1.29 is 23.4 Å². The lowest BCUT2D eigenvalue weighted by atomic mass is 9.81. The van der Waals surface area contributed by atoms with Gasteiger partial charge >= 0.3 is 5.97 Å². The van der Waals surface area contributed by atoms with Crippen molar-refractivity contribution in [2.45, 2.75) is 25.4 Å². The number of hydrogen-bond acceptors (Lipinski definition) is 6. The molecule has 0 bridgehead atoms. The second kappa shape index (κ2) is 10.5. The molecule has 0 saturated carbocycles. The Morgan fingerprint density at radius 2 is 2.30 bits per heavy atom. The summed E-state index contributed by atoms with van der Waals surface area (Å²) in [5.74, 6) is 5.53. The predicted octanol–water partition coefficient (Wildman–Crippen LogP) is 4.10. The maximum atomic E-state index is 15.3. The molecule has 0 aliphatic carbocycles. The first-order chi connectivity index (χ1) is 16.0. The SMILES string of the molecule is COc1ccc2nccc([C@@H](F)CC[C@@H]3CCN(CC#Cc4cnco4)C[C@@H]3C(=O)O)c2c1. The molecule has 1 aliphatic heterocycles. The molecule has 3 aromatic rings. The van der Waals surface area contributed by atoms with E-state index in [1.807, 2.05) is 11.0 Å². The number of methoxy groups -OCH3 is 1. The van der Waals surface area contributed by atoms with Crippen molar-refractivity contribution in [3.8, 4) is 17.6 Å². The van der Waals surface area contributed by atoms with E-state index in [1.165, 1.54) is 12.6 Å². The fourth-order valence-corrected chi connectivity index (χ4v) is 4.42. The average Bonchev–Trinajstić information content (AvgIpc) is 3.35. The molecule has 7 nitrogen and oxygen atoms in total. The normalized spacial score (nSPS) is 19.6. The van der Waals surface area contributed by atoms with Crippen LogP contribution in [-0.2, 0) is 4.79 Å². The van der Waals surface area contributed by atoms with E-state index in [0.717, 1.165) is 11.9 Å². The zero-order valence-electron chi connectivity index (χ0n) is 18.4. The number of carboxylic acid groups (broad SMARTS) is 1.